The molecule has 0 saturated carbocycles. The van der Waals surface area contributed by atoms with E-state index in [1.54, 1.807) is 57.3 Å². The third kappa shape index (κ3) is 5.83. The highest BCUT2D eigenvalue weighted by Gasteiger charge is 2.31. The molecule has 9 nitrogen and oxygen atoms in total. The summed E-state index contributed by atoms with van der Waals surface area (Å²) in [4.78, 5) is 28.9. The average molecular weight is 555 g/mol. The Morgan fingerprint density at radius 1 is 1.03 bits per heavy atom. The van der Waals surface area contributed by atoms with Crippen molar-refractivity contribution in [1.82, 2.24) is 10.2 Å². The van der Waals surface area contributed by atoms with Crippen LogP contribution in [-0.4, -0.2) is 51.1 Å². The number of benzene rings is 3. The Labute approximate surface area is 227 Å². The molecule has 2 N–H and O–H groups in total. The van der Waals surface area contributed by atoms with Crippen molar-refractivity contribution >= 4 is 38.9 Å². The largest absolute Gasteiger partial charge is 0.455 e. The molecular formula is C28H31FN4O5S. The molecule has 39 heavy (non-hydrogen) atoms. The van der Waals surface area contributed by atoms with Crippen molar-refractivity contribution in [2.24, 2.45) is 0 Å². The topological polar surface area (TPSA) is 108 Å². The number of carbonyl (C=O) groups excluding carboxylic acids is 2. The van der Waals surface area contributed by atoms with Gasteiger partial charge in [0.15, 0.2) is 5.75 Å². The number of rotatable bonds is 8. The number of ether oxygens (including phenoxy) is 1. The van der Waals surface area contributed by atoms with Crippen molar-refractivity contribution in [2.75, 3.05) is 35.6 Å². The molecule has 11 heteroatoms. The van der Waals surface area contributed by atoms with Crippen LogP contribution < -0.4 is 19.7 Å². The summed E-state index contributed by atoms with van der Waals surface area (Å²) >= 11 is 0. The molecule has 0 fully saturated rings. The molecule has 0 aliphatic carbocycles. The summed E-state index contributed by atoms with van der Waals surface area (Å²) in [7, 11) is -1.94. The number of hydrogen-bond acceptors (Lipinski definition) is 6. The minimum atomic E-state index is -3.57. The molecule has 206 valence electrons. The van der Waals surface area contributed by atoms with E-state index in [1.165, 1.54) is 24.0 Å². The van der Waals surface area contributed by atoms with Crippen LogP contribution in [0.1, 0.15) is 45.7 Å². The van der Waals surface area contributed by atoms with E-state index in [9.17, 15) is 22.4 Å². The standard InChI is InChI=1S/C28H31FN4O5S/c1-6-30-27(34)19-8-10-23-22(14-19)28(35)32(5)16-33(23)24-15-21(31-39(36,37)7-2)9-11-25(24)38-26-17(3)12-20(29)13-18(26)4/h8-15,31H,6-7,16H2,1-5H3,(H,30,34). The van der Waals surface area contributed by atoms with E-state index in [0.29, 0.717) is 57.4 Å². The molecule has 0 spiro atoms. The van der Waals surface area contributed by atoms with Crippen molar-refractivity contribution in [3.63, 3.8) is 0 Å². The number of sulfonamides is 1. The number of fused-ring (bicyclic) bond motifs is 1. The van der Waals surface area contributed by atoms with Gasteiger partial charge in [0.25, 0.3) is 11.8 Å². The molecule has 0 radical (unpaired) electrons. The maximum Gasteiger partial charge on any atom is 0.257 e. The van der Waals surface area contributed by atoms with Crippen LogP contribution in [0.25, 0.3) is 0 Å². The molecule has 3 aromatic carbocycles. The SMILES string of the molecule is CCNC(=O)c1ccc2c(c1)C(=O)N(C)CN2c1cc(NS(=O)(=O)CC)ccc1Oc1c(C)cc(F)cc1C. The number of nitrogens with zero attached hydrogens (tertiary/aromatic N) is 2. The Morgan fingerprint density at radius 2 is 1.72 bits per heavy atom. The highest BCUT2D eigenvalue weighted by atomic mass is 32.2. The molecule has 3 aromatic rings. The number of halogens is 1. The summed E-state index contributed by atoms with van der Waals surface area (Å²) in [6.07, 6.45) is 0. The Balaban J connectivity index is 1.88. The third-order valence-electron chi connectivity index (χ3n) is 6.36. The minimum absolute atomic E-state index is 0.110. The lowest BCUT2D eigenvalue weighted by Gasteiger charge is -2.37. The van der Waals surface area contributed by atoms with Crippen LogP contribution in [-0.2, 0) is 10.0 Å². The maximum absolute atomic E-state index is 13.9. The van der Waals surface area contributed by atoms with E-state index in [1.807, 2.05) is 11.8 Å². The fourth-order valence-electron chi connectivity index (χ4n) is 4.41. The monoisotopic (exact) mass is 554 g/mol. The molecule has 0 aromatic heterocycles. The Morgan fingerprint density at radius 3 is 2.36 bits per heavy atom. The molecule has 0 unspecified atom stereocenters. The molecule has 1 aliphatic rings. The van der Waals surface area contributed by atoms with Gasteiger partial charge < -0.3 is 19.9 Å². The van der Waals surface area contributed by atoms with E-state index in [-0.39, 0.29) is 30.1 Å². The zero-order valence-electron chi connectivity index (χ0n) is 22.5. The lowest BCUT2D eigenvalue weighted by Crippen LogP contribution is -2.42. The number of amides is 2. The van der Waals surface area contributed by atoms with Gasteiger partial charge in [0, 0.05) is 19.2 Å². The van der Waals surface area contributed by atoms with E-state index < -0.39 is 10.0 Å². The molecule has 1 heterocycles. The van der Waals surface area contributed by atoms with Gasteiger partial charge in [-0.05, 0) is 87.4 Å². The molecule has 4 rings (SSSR count). The molecule has 1 aliphatic heterocycles. The number of carbonyl (C=O) groups is 2. The van der Waals surface area contributed by atoms with Gasteiger partial charge in [-0.2, -0.15) is 0 Å². The van der Waals surface area contributed by atoms with Crippen LogP contribution in [0, 0.1) is 19.7 Å². The van der Waals surface area contributed by atoms with Crippen molar-refractivity contribution in [3.8, 4) is 11.5 Å². The normalized spacial score (nSPS) is 13.2. The molecule has 0 saturated heterocycles. The average Bonchev–Trinajstić information content (AvgIpc) is 2.88. The molecular weight excluding hydrogens is 523 g/mol. The first-order chi connectivity index (χ1) is 18.4. The van der Waals surface area contributed by atoms with Crippen LogP contribution in [0.15, 0.2) is 48.5 Å². The lowest BCUT2D eigenvalue weighted by molar-refractivity contribution is 0.0787. The summed E-state index contributed by atoms with van der Waals surface area (Å²) in [5, 5.41) is 2.73. The maximum atomic E-state index is 13.9. The van der Waals surface area contributed by atoms with Crippen LogP contribution in [0.5, 0.6) is 11.5 Å². The van der Waals surface area contributed by atoms with Gasteiger partial charge >= 0.3 is 0 Å². The predicted molar refractivity (Wildman–Crippen MR) is 149 cm³/mol. The number of aryl methyl sites for hydroxylation is 2. The summed E-state index contributed by atoms with van der Waals surface area (Å²) in [6.45, 7) is 7.39. The summed E-state index contributed by atoms with van der Waals surface area (Å²) in [6, 6.07) is 12.4. The van der Waals surface area contributed by atoms with Crippen LogP contribution in [0.4, 0.5) is 21.5 Å². The summed E-state index contributed by atoms with van der Waals surface area (Å²) in [5.41, 5.74) is 3.15. The van der Waals surface area contributed by atoms with Crippen molar-refractivity contribution < 1.29 is 27.1 Å². The van der Waals surface area contributed by atoms with Gasteiger partial charge in [0.1, 0.15) is 11.6 Å². The van der Waals surface area contributed by atoms with Gasteiger partial charge in [-0.1, -0.05) is 0 Å². The smallest absolute Gasteiger partial charge is 0.257 e. The van der Waals surface area contributed by atoms with Crippen LogP contribution in [0.2, 0.25) is 0 Å². The molecule has 2 amide bonds. The van der Waals surface area contributed by atoms with Crippen molar-refractivity contribution in [2.45, 2.75) is 27.7 Å². The number of nitrogens with one attached hydrogen (secondary N) is 2. The van der Waals surface area contributed by atoms with Crippen molar-refractivity contribution in [3.05, 3.63) is 76.6 Å². The second-order valence-electron chi connectivity index (χ2n) is 9.32. The minimum Gasteiger partial charge on any atom is -0.455 e. The predicted octanol–water partition coefficient (Wildman–Crippen LogP) is 4.93. The second-order valence-corrected chi connectivity index (χ2v) is 11.3. The zero-order chi connectivity index (χ0) is 28.5. The van der Waals surface area contributed by atoms with Gasteiger partial charge in [-0.15, -0.1) is 0 Å². The highest BCUT2D eigenvalue weighted by molar-refractivity contribution is 7.92. The van der Waals surface area contributed by atoms with Gasteiger partial charge in [-0.3, -0.25) is 14.3 Å². The number of anilines is 3. The van der Waals surface area contributed by atoms with E-state index in [4.69, 9.17) is 4.74 Å². The summed E-state index contributed by atoms with van der Waals surface area (Å²) in [5.74, 6) is -0.212. The van der Waals surface area contributed by atoms with E-state index in [0.717, 1.165) is 0 Å². The van der Waals surface area contributed by atoms with E-state index >= 15 is 0 Å². The Bertz CT molecular complexity index is 1530. The molecule has 0 atom stereocenters. The second kappa shape index (κ2) is 10.9. The lowest BCUT2D eigenvalue weighted by atomic mass is 10.0. The Kier molecular flexibility index (Phi) is 7.82. The molecule has 0 bridgehead atoms. The van der Waals surface area contributed by atoms with Crippen molar-refractivity contribution in [1.29, 1.82) is 0 Å². The fraction of sp³-hybridized carbons (Fsp3) is 0.286. The zero-order valence-corrected chi connectivity index (χ0v) is 23.3. The summed E-state index contributed by atoms with van der Waals surface area (Å²) < 4.78 is 47.5. The third-order valence-corrected chi connectivity index (χ3v) is 7.66. The van der Waals surface area contributed by atoms with Gasteiger partial charge in [0.05, 0.1) is 35.0 Å². The highest BCUT2D eigenvalue weighted by Crippen LogP contribution is 2.43. The first kappa shape index (κ1) is 27.9. The first-order valence-corrected chi connectivity index (χ1v) is 14.1. The number of hydrogen-bond donors (Lipinski definition) is 2. The van der Waals surface area contributed by atoms with Crippen LogP contribution >= 0.6 is 0 Å². The Hall–Kier alpha value is -4.12. The van der Waals surface area contributed by atoms with Gasteiger partial charge in [-0.25, -0.2) is 12.8 Å². The van der Waals surface area contributed by atoms with E-state index in [2.05, 4.69) is 10.0 Å². The quantitative estimate of drug-likeness (QED) is 0.409. The first-order valence-electron chi connectivity index (χ1n) is 12.5. The van der Waals surface area contributed by atoms with Crippen LogP contribution in [0.3, 0.4) is 0 Å². The van der Waals surface area contributed by atoms with Gasteiger partial charge in [0.2, 0.25) is 10.0 Å². The fourth-order valence-corrected chi connectivity index (χ4v) is 5.04.